The molecule has 0 radical (unpaired) electrons. The Balaban J connectivity index is 3.43. The maximum absolute atomic E-state index is 12.4. The van der Waals surface area contributed by atoms with Crippen molar-refractivity contribution in [1.82, 2.24) is 5.32 Å². The van der Waals surface area contributed by atoms with Crippen molar-refractivity contribution >= 4 is 11.9 Å². The quantitative estimate of drug-likeness (QED) is 0.0326. The van der Waals surface area contributed by atoms with E-state index in [0.717, 1.165) is 51.4 Å². The zero-order valence-electron chi connectivity index (χ0n) is 36.2. The molecular weight excluding hydrogens is 671 g/mol. The molecule has 6 nitrogen and oxygen atoms in total. The van der Waals surface area contributed by atoms with Crippen LogP contribution in [0.3, 0.4) is 0 Å². The minimum atomic E-state index is -0.667. The van der Waals surface area contributed by atoms with Gasteiger partial charge in [0.15, 0.2) is 0 Å². The molecule has 54 heavy (non-hydrogen) atoms. The van der Waals surface area contributed by atoms with Gasteiger partial charge in [0.05, 0.1) is 25.4 Å². The minimum Gasteiger partial charge on any atom is -0.466 e. The summed E-state index contributed by atoms with van der Waals surface area (Å²) in [5.41, 5.74) is 0. The van der Waals surface area contributed by atoms with Gasteiger partial charge in [-0.1, -0.05) is 212 Å². The van der Waals surface area contributed by atoms with E-state index in [2.05, 4.69) is 31.3 Å². The van der Waals surface area contributed by atoms with E-state index in [9.17, 15) is 19.8 Å². The van der Waals surface area contributed by atoms with Crippen molar-refractivity contribution in [1.29, 1.82) is 0 Å². The van der Waals surface area contributed by atoms with E-state index in [1.54, 1.807) is 0 Å². The summed E-state index contributed by atoms with van der Waals surface area (Å²) in [6.45, 7) is 4.88. The van der Waals surface area contributed by atoms with Crippen LogP contribution in [0.15, 0.2) is 12.2 Å². The zero-order chi connectivity index (χ0) is 39.4. The molecule has 0 fully saturated rings. The minimum absolute atomic E-state index is 0.0107. The number of aliphatic hydroxyl groups excluding tert-OH is 2. The van der Waals surface area contributed by atoms with Crippen molar-refractivity contribution in [2.45, 2.75) is 270 Å². The van der Waals surface area contributed by atoms with Crippen LogP contribution in [0.2, 0.25) is 0 Å². The van der Waals surface area contributed by atoms with Crippen LogP contribution in [0.4, 0.5) is 0 Å². The second-order valence-corrected chi connectivity index (χ2v) is 16.4. The van der Waals surface area contributed by atoms with Crippen LogP contribution in [-0.4, -0.2) is 47.4 Å². The highest BCUT2D eigenvalue weighted by Crippen LogP contribution is 2.16. The predicted octanol–water partition coefficient (Wildman–Crippen LogP) is 13.8. The second-order valence-electron chi connectivity index (χ2n) is 16.4. The molecule has 0 saturated carbocycles. The number of carbonyl (C=O) groups excluding carboxylic acids is 2. The van der Waals surface area contributed by atoms with Gasteiger partial charge >= 0.3 is 5.97 Å². The number of nitrogens with one attached hydrogen (secondary N) is 1. The number of rotatable bonds is 44. The summed E-state index contributed by atoms with van der Waals surface area (Å²) in [5.74, 6) is -0.0557. The maximum Gasteiger partial charge on any atom is 0.305 e. The number of allylic oxidation sites excluding steroid dienone is 2. The Bertz CT molecular complexity index is 802. The number of amides is 1. The molecule has 3 N–H and O–H groups in total. The fraction of sp³-hybridized carbons (Fsp3) is 0.917. The first-order valence-electron chi connectivity index (χ1n) is 23.9. The Hall–Kier alpha value is -1.40. The summed E-state index contributed by atoms with van der Waals surface area (Å²) in [5, 5.41) is 23.1. The first-order chi connectivity index (χ1) is 26.5. The summed E-state index contributed by atoms with van der Waals surface area (Å²) in [4.78, 5) is 24.3. The van der Waals surface area contributed by atoms with Crippen molar-refractivity contribution in [3.8, 4) is 0 Å². The van der Waals surface area contributed by atoms with Gasteiger partial charge in [-0.15, -0.1) is 0 Å². The van der Waals surface area contributed by atoms with Crippen molar-refractivity contribution in [3.05, 3.63) is 12.2 Å². The van der Waals surface area contributed by atoms with Crippen molar-refractivity contribution in [2.24, 2.45) is 0 Å². The van der Waals surface area contributed by atoms with Crippen LogP contribution in [0.1, 0.15) is 258 Å². The number of esters is 1. The van der Waals surface area contributed by atoms with Gasteiger partial charge in [0.1, 0.15) is 0 Å². The first kappa shape index (κ1) is 52.6. The lowest BCUT2D eigenvalue weighted by Crippen LogP contribution is -2.45. The van der Waals surface area contributed by atoms with E-state index in [0.29, 0.717) is 25.9 Å². The number of carbonyl (C=O) groups is 2. The first-order valence-corrected chi connectivity index (χ1v) is 23.9. The third-order valence-corrected chi connectivity index (χ3v) is 11.1. The van der Waals surface area contributed by atoms with Crippen LogP contribution in [0.25, 0.3) is 0 Å². The molecule has 6 heteroatoms. The largest absolute Gasteiger partial charge is 0.466 e. The van der Waals surface area contributed by atoms with E-state index in [1.807, 2.05) is 0 Å². The molecule has 0 aliphatic carbocycles. The molecule has 0 saturated heterocycles. The molecule has 0 aliphatic heterocycles. The van der Waals surface area contributed by atoms with Crippen LogP contribution in [0, 0.1) is 0 Å². The molecule has 0 aromatic rings. The summed E-state index contributed by atoms with van der Waals surface area (Å²) in [7, 11) is 0. The molecular formula is C48H93NO5. The molecule has 0 aliphatic rings. The van der Waals surface area contributed by atoms with Gasteiger partial charge in [0, 0.05) is 12.8 Å². The third-order valence-electron chi connectivity index (χ3n) is 11.1. The smallest absolute Gasteiger partial charge is 0.305 e. The maximum atomic E-state index is 12.4. The molecule has 0 aromatic carbocycles. The van der Waals surface area contributed by atoms with Crippen LogP contribution >= 0.6 is 0 Å². The van der Waals surface area contributed by atoms with Gasteiger partial charge in [-0.05, 0) is 44.9 Å². The highest BCUT2D eigenvalue weighted by Gasteiger charge is 2.20. The molecule has 0 rings (SSSR count). The number of hydrogen-bond acceptors (Lipinski definition) is 5. The predicted molar refractivity (Wildman–Crippen MR) is 232 cm³/mol. The monoisotopic (exact) mass is 764 g/mol. The number of hydrogen-bond donors (Lipinski definition) is 3. The standard InChI is InChI=1S/C48H93NO5/c1-3-5-7-9-11-13-20-24-28-32-36-40-46(51)45(44-50)49-47(52)41-37-33-29-25-22-18-16-15-17-19-23-27-31-35-39-43-54-48(53)42-38-34-30-26-21-14-12-10-8-6-4-2/h10,12,45-46,50-51H,3-9,11,13-44H2,1-2H3,(H,49,52)/b12-10-. The molecule has 1 amide bonds. The lowest BCUT2D eigenvalue weighted by atomic mass is 10.0. The van der Waals surface area contributed by atoms with Gasteiger partial charge < -0.3 is 20.3 Å². The van der Waals surface area contributed by atoms with Gasteiger partial charge in [-0.25, -0.2) is 0 Å². The Morgan fingerprint density at radius 2 is 0.889 bits per heavy atom. The lowest BCUT2D eigenvalue weighted by Gasteiger charge is -2.22. The molecule has 2 atom stereocenters. The molecule has 0 aromatic heterocycles. The Labute approximate surface area is 336 Å². The van der Waals surface area contributed by atoms with Crippen molar-refractivity contribution in [3.63, 3.8) is 0 Å². The third kappa shape index (κ3) is 40.3. The topological polar surface area (TPSA) is 95.9 Å². The van der Waals surface area contributed by atoms with Gasteiger partial charge in [0.2, 0.25) is 5.91 Å². The SMILES string of the molecule is CCCC/C=C\CCCCCCCC(=O)OCCCCCCCCCCCCCCCCCC(=O)NC(CO)C(O)CCCCCCCCCCCCC. The van der Waals surface area contributed by atoms with E-state index in [-0.39, 0.29) is 18.5 Å². The summed E-state index contributed by atoms with van der Waals surface area (Å²) in [6.07, 6.45) is 48.8. The summed E-state index contributed by atoms with van der Waals surface area (Å²) in [6, 6.07) is -0.545. The number of ether oxygens (including phenoxy) is 1. The van der Waals surface area contributed by atoms with Crippen molar-refractivity contribution < 1.29 is 24.5 Å². The van der Waals surface area contributed by atoms with Crippen LogP contribution < -0.4 is 5.32 Å². The van der Waals surface area contributed by atoms with Crippen LogP contribution in [-0.2, 0) is 14.3 Å². The van der Waals surface area contributed by atoms with E-state index < -0.39 is 12.1 Å². The van der Waals surface area contributed by atoms with Gasteiger partial charge in [-0.2, -0.15) is 0 Å². The van der Waals surface area contributed by atoms with E-state index in [1.165, 1.54) is 173 Å². The fourth-order valence-corrected chi connectivity index (χ4v) is 7.32. The second kappa shape index (κ2) is 44.3. The average Bonchev–Trinajstić information content (AvgIpc) is 3.17. The lowest BCUT2D eigenvalue weighted by molar-refractivity contribution is -0.143. The Kier molecular flexibility index (Phi) is 43.2. The zero-order valence-corrected chi connectivity index (χ0v) is 36.2. The normalized spacial score (nSPS) is 12.7. The average molecular weight is 764 g/mol. The summed E-state index contributed by atoms with van der Waals surface area (Å²) >= 11 is 0. The van der Waals surface area contributed by atoms with Crippen LogP contribution in [0.5, 0.6) is 0 Å². The highest BCUT2D eigenvalue weighted by atomic mass is 16.5. The van der Waals surface area contributed by atoms with Crippen molar-refractivity contribution in [2.75, 3.05) is 13.2 Å². The number of unbranched alkanes of at least 4 members (excludes halogenated alkanes) is 31. The Morgan fingerprint density at radius 3 is 1.37 bits per heavy atom. The molecule has 2 unspecified atom stereocenters. The molecule has 0 heterocycles. The molecule has 320 valence electrons. The fourth-order valence-electron chi connectivity index (χ4n) is 7.32. The highest BCUT2D eigenvalue weighted by molar-refractivity contribution is 5.76. The molecule has 0 spiro atoms. The summed E-state index contributed by atoms with van der Waals surface area (Å²) < 4.78 is 5.44. The van der Waals surface area contributed by atoms with E-state index >= 15 is 0 Å². The van der Waals surface area contributed by atoms with Gasteiger partial charge in [0.25, 0.3) is 0 Å². The van der Waals surface area contributed by atoms with E-state index in [4.69, 9.17) is 4.74 Å². The Morgan fingerprint density at radius 1 is 0.500 bits per heavy atom. The molecule has 0 bridgehead atoms. The van der Waals surface area contributed by atoms with Gasteiger partial charge in [-0.3, -0.25) is 9.59 Å². The number of aliphatic hydroxyl groups is 2.